The SMILES string of the molecule is CCOCCCNS(=O)(=O)c1cc(C)c(C)cc1Br. The molecule has 19 heavy (non-hydrogen) atoms. The van der Waals surface area contributed by atoms with Crippen molar-refractivity contribution in [3.63, 3.8) is 0 Å². The fraction of sp³-hybridized carbons (Fsp3) is 0.538. The molecule has 1 aromatic rings. The molecule has 6 heteroatoms. The van der Waals surface area contributed by atoms with Gasteiger partial charge < -0.3 is 4.74 Å². The van der Waals surface area contributed by atoms with E-state index in [0.29, 0.717) is 30.7 Å². The average molecular weight is 350 g/mol. The van der Waals surface area contributed by atoms with E-state index < -0.39 is 10.0 Å². The van der Waals surface area contributed by atoms with Crippen molar-refractivity contribution in [3.05, 3.63) is 27.7 Å². The zero-order valence-electron chi connectivity index (χ0n) is 11.5. The predicted molar refractivity (Wildman–Crippen MR) is 79.9 cm³/mol. The molecule has 0 fully saturated rings. The quantitative estimate of drug-likeness (QED) is 0.770. The van der Waals surface area contributed by atoms with Crippen LogP contribution in [0.2, 0.25) is 0 Å². The van der Waals surface area contributed by atoms with Gasteiger partial charge in [0, 0.05) is 24.2 Å². The number of aryl methyl sites for hydroxylation is 2. The highest BCUT2D eigenvalue weighted by molar-refractivity contribution is 9.10. The molecule has 0 atom stereocenters. The summed E-state index contributed by atoms with van der Waals surface area (Å²) in [5.74, 6) is 0. The number of ether oxygens (including phenoxy) is 1. The maximum Gasteiger partial charge on any atom is 0.241 e. The Hall–Kier alpha value is -0.430. The number of hydrogen-bond donors (Lipinski definition) is 1. The standard InChI is InChI=1S/C13H20BrNO3S/c1-4-18-7-5-6-15-19(16,17)13-9-11(3)10(2)8-12(13)14/h8-9,15H,4-7H2,1-3H3. The monoisotopic (exact) mass is 349 g/mol. The molecule has 0 saturated carbocycles. The van der Waals surface area contributed by atoms with E-state index in [1.165, 1.54) is 0 Å². The summed E-state index contributed by atoms with van der Waals surface area (Å²) < 4.78 is 32.7. The van der Waals surface area contributed by atoms with Gasteiger partial charge in [0.15, 0.2) is 0 Å². The normalized spacial score (nSPS) is 11.8. The van der Waals surface area contributed by atoms with Crippen molar-refractivity contribution in [2.24, 2.45) is 0 Å². The van der Waals surface area contributed by atoms with Crippen LogP contribution < -0.4 is 4.72 Å². The summed E-state index contributed by atoms with van der Waals surface area (Å²) in [4.78, 5) is 0.284. The van der Waals surface area contributed by atoms with E-state index in [0.717, 1.165) is 11.1 Å². The average Bonchev–Trinajstić information content (AvgIpc) is 2.33. The maximum absolute atomic E-state index is 12.2. The Morgan fingerprint density at radius 1 is 1.26 bits per heavy atom. The van der Waals surface area contributed by atoms with Gasteiger partial charge in [-0.25, -0.2) is 13.1 Å². The number of hydrogen-bond acceptors (Lipinski definition) is 3. The van der Waals surface area contributed by atoms with E-state index in [9.17, 15) is 8.42 Å². The Morgan fingerprint density at radius 3 is 2.53 bits per heavy atom. The Kier molecular flexibility index (Phi) is 6.46. The second-order valence-corrected chi connectivity index (χ2v) is 6.90. The van der Waals surface area contributed by atoms with Crippen LogP contribution in [0, 0.1) is 13.8 Å². The van der Waals surface area contributed by atoms with Crippen LogP contribution in [0.5, 0.6) is 0 Å². The minimum Gasteiger partial charge on any atom is -0.382 e. The Balaban J connectivity index is 2.75. The number of sulfonamides is 1. The maximum atomic E-state index is 12.2. The first-order valence-electron chi connectivity index (χ1n) is 6.22. The second-order valence-electron chi connectivity index (χ2n) is 4.32. The van der Waals surface area contributed by atoms with Crippen LogP contribution >= 0.6 is 15.9 Å². The largest absolute Gasteiger partial charge is 0.382 e. The molecule has 0 unspecified atom stereocenters. The molecule has 0 saturated heterocycles. The van der Waals surface area contributed by atoms with Gasteiger partial charge in [-0.1, -0.05) is 0 Å². The lowest BCUT2D eigenvalue weighted by Crippen LogP contribution is -2.26. The van der Waals surface area contributed by atoms with Gasteiger partial charge in [-0.15, -0.1) is 0 Å². The van der Waals surface area contributed by atoms with Gasteiger partial charge in [-0.3, -0.25) is 0 Å². The summed E-state index contributed by atoms with van der Waals surface area (Å²) in [6.07, 6.45) is 0.662. The van der Waals surface area contributed by atoms with Gasteiger partial charge in [0.1, 0.15) is 0 Å². The highest BCUT2D eigenvalue weighted by Gasteiger charge is 2.17. The summed E-state index contributed by atoms with van der Waals surface area (Å²) in [6, 6.07) is 3.51. The van der Waals surface area contributed by atoms with Crippen LogP contribution in [-0.2, 0) is 14.8 Å². The Bertz CT molecular complexity index is 529. The smallest absolute Gasteiger partial charge is 0.241 e. The molecule has 108 valence electrons. The lowest BCUT2D eigenvalue weighted by molar-refractivity contribution is 0.146. The molecule has 0 aliphatic heterocycles. The lowest BCUT2D eigenvalue weighted by atomic mass is 10.1. The third kappa shape index (κ3) is 4.87. The van der Waals surface area contributed by atoms with Crippen molar-refractivity contribution in [1.29, 1.82) is 0 Å². The van der Waals surface area contributed by atoms with Crippen LogP contribution in [0.1, 0.15) is 24.5 Å². The number of nitrogens with one attached hydrogen (secondary N) is 1. The van der Waals surface area contributed by atoms with Gasteiger partial charge in [0.25, 0.3) is 0 Å². The molecular formula is C13H20BrNO3S. The van der Waals surface area contributed by atoms with Crippen LogP contribution in [-0.4, -0.2) is 28.2 Å². The van der Waals surface area contributed by atoms with Crippen molar-refractivity contribution in [2.45, 2.75) is 32.1 Å². The molecule has 0 aromatic heterocycles. The van der Waals surface area contributed by atoms with Crippen LogP contribution in [0.25, 0.3) is 0 Å². The number of rotatable bonds is 7. The topological polar surface area (TPSA) is 55.4 Å². The van der Waals surface area contributed by atoms with E-state index in [4.69, 9.17) is 4.74 Å². The van der Waals surface area contributed by atoms with E-state index >= 15 is 0 Å². The van der Waals surface area contributed by atoms with Gasteiger partial charge in [-0.2, -0.15) is 0 Å². The van der Waals surface area contributed by atoms with E-state index in [-0.39, 0.29) is 4.90 Å². The van der Waals surface area contributed by atoms with E-state index in [1.807, 2.05) is 26.8 Å². The Morgan fingerprint density at radius 2 is 1.89 bits per heavy atom. The summed E-state index contributed by atoms with van der Waals surface area (Å²) in [5.41, 5.74) is 2.01. The van der Waals surface area contributed by atoms with Crippen molar-refractivity contribution in [3.8, 4) is 0 Å². The second kappa shape index (κ2) is 7.38. The number of benzene rings is 1. The van der Waals surface area contributed by atoms with Gasteiger partial charge in [0.2, 0.25) is 10.0 Å². The third-order valence-electron chi connectivity index (χ3n) is 2.80. The molecular weight excluding hydrogens is 330 g/mol. The zero-order chi connectivity index (χ0) is 14.5. The van der Waals surface area contributed by atoms with Gasteiger partial charge >= 0.3 is 0 Å². The minimum absolute atomic E-state index is 0.284. The molecule has 1 aromatic carbocycles. The Labute approximate surface area is 123 Å². The van der Waals surface area contributed by atoms with Crippen LogP contribution in [0.3, 0.4) is 0 Å². The van der Waals surface area contributed by atoms with Crippen LogP contribution in [0.4, 0.5) is 0 Å². The fourth-order valence-electron chi connectivity index (χ4n) is 1.56. The van der Waals surface area contributed by atoms with Gasteiger partial charge in [-0.05, 0) is 66.4 Å². The summed E-state index contributed by atoms with van der Waals surface area (Å²) in [6.45, 7) is 7.35. The lowest BCUT2D eigenvalue weighted by Gasteiger charge is -2.11. The first-order chi connectivity index (χ1) is 8.88. The summed E-state index contributed by atoms with van der Waals surface area (Å²) in [7, 11) is -3.47. The predicted octanol–water partition coefficient (Wildman–Crippen LogP) is 2.77. The first-order valence-corrected chi connectivity index (χ1v) is 8.50. The zero-order valence-corrected chi connectivity index (χ0v) is 13.9. The molecule has 4 nitrogen and oxygen atoms in total. The minimum atomic E-state index is -3.47. The molecule has 0 heterocycles. The molecule has 0 bridgehead atoms. The van der Waals surface area contributed by atoms with Crippen molar-refractivity contribution < 1.29 is 13.2 Å². The van der Waals surface area contributed by atoms with Crippen molar-refractivity contribution in [2.75, 3.05) is 19.8 Å². The first kappa shape index (κ1) is 16.6. The molecule has 0 aliphatic rings. The fourth-order valence-corrected chi connectivity index (χ4v) is 3.88. The van der Waals surface area contributed by atoms with E-state index in [1.54, 1.807) is 6.07 Å². The molecule has 0 amide bonds. The molecule has 1 rings (SSSR count). The molecule has 0 radical (unpaired) electrons. The highest BCUT2D eigenvalue weighted by atomic mass is 79.9. The molecule has 1 N–H and O–H groups in total. The van der Waals surface area contributed by atoms with Crippen LogP contribution in [0.15, 0.2) is 21.5 Å². The highest BCUT2D eigenvalue weighted by Crippen LogP contribution is 2.25. The third-order valence-corrected chi connectivity index (χ3v) is 5.22. The summed E-state index contributed by atoms with van der Waals surface area (Å²) in [5, 5.41) is 0. The molecule has 0 spiro atoms. The van der Waals surface area contributed by atoms with Gasteiger partial charge in [0.05, 0.1) is 4.90 Å². The van der Waals surface area contributed by atoms with Crippen molar-refractivity contribution >= 4 is 26.0 Å². The number of halogens is 1. The molecule has 0 aliphatic carbocycles. The van der Waals surface area contributed by atoms with Crippen molar-refractivity contribution in [1.82, 2.24) is 4.72 Å². The summed E-state index contributed by atoms with van der Waals surface area (Å²) >= 11 is 3.31. The van der Waals surface area contributed by atoms with E-state index in [2.05, 4.69) is 20.7 Å².